The number of nitrogens with zero attached hydrogens (tertiary/aromatic N) is 2. The number of amides is 1. The fourth-order valence-corrected chi connectivity index (χ4v) is 3.93. The Balaban J connectivity index is 1.60. The molecule has 0 saturated carbocycles. The van der Waals surface area contributed by atoms with E-state index in [0.717, 1.165) is 19.3 Å². The fourth-order valence-electron chi connectivity index (χ4n) is 3.09. The van der Waals surface area contributed by atoms with E-state index in [1.807, 2.05) is 0 Å². The second-order valence-corrected chi connectivity index (χ2v) is 7.42. The third-order valence-corrected chi connectivity index (χ3v) is 5.32. The number of nitrogens with one attached hydrogen (secondary N) is 1. The van der Waals surface area contributed by atoms with Crippen molar-refractivity contribution in [3.8, 4) is 5.75 Å². The molecule has 1 fully saturated rings. The van der Waals surface area contributed by atoms with Crippen LogP contribution >= 0.6 is 0 Å². The number of nitrogens with two attached hydrogens (primary N) is 1. The summed E-state index contributed by atoms with van der Waals surface area (Å²) in [5.41, 5.74) is 6.56. The van der Waals surface area contributed by atoms with Crippen LogP contribution in [0.5, 0.6) is 5.75 Å². The van der Waals surface area contributed by atoms with Gasteiger partial charge < -0.3 is 20.5 Å². The largest absolute Gasteiger partial charge is 0.493 e. The minimum Gasteiger partial charge on any atom is -0.493 e. The van der Waals surface area contributed by atoms with Crippen molar-refractivity contribution in [3.05, 3.63) is 23.8 Å². The molecule has 1 saturated heterocycles. The third-order valence-electron chi connectivity index (χ3n) is 4.41. The molecule has 4 N–H and O–H groups in total. The van der Waals surface area contributed by atoms with E-state index in [4.69, 9.17) is 15.6 Å². The Kier molecular flexibility index (Phi) is 4.71. The molecule has 136 valence electrons. The Bertz CT molecular complexity index is 800. The summed E-state index contributed by atoms with van der Waals surface area (Å²) in [6.07, 6.45) is 1.54. The van der Waals surface area contributed by atoms with Gasteiger partial charge in [-0.1, -0.05) is 6.07 Å². The number of carboxylic acid groups (broad SMARTS) is 1. The van der Waals surface area contributed by atoms with E-state index in [0.29, 0.717) is 42.6 Å². The molecule has 0 unspecified atom stereocenters. The number of anilines is 1. The van der Waals surface area contributed by atoms with E-state index in [2.05, 4.69) is 9.12 Å². The molecule has 2 aliphatic heterocycles. The van der Waals surface area contributed by atoms with Crippen molar-refractivity contribution >= 4 is 27.8 Å². The molecule has 10 heteroatoms. The zero-order valence-electron chi connectivity index (χ0n) is 13.5. The second kappa shape index (κ2) is 6.79. The van der Waals surface area contributed by atoms with Gasteiger partial charge in [-0.3, -0.25) is 4.72 Å². The number of rotatable bonds is 4. The van der Waals surface area contributed by atoms with Gasteiger partial charge in [-0.2, -0.15) is 8.42 Å². The van der Waals surface area contributed by atoms with Crippen molar-refractivity contribution in [1.82, 2.24) is 4.90 Å². The first kappa shape index (κ1) is 17.3. The third kappa shape index (κ3) is 3.95. The minimum absolute atomic E-state index is 0.0980. The van der Waals surface area contributed by atoms with Gasteiger partial charge in [-0.15, -0.1) is 4.40 Å². The highest BCUT2D eigenvalue weighted by Gasteiger charge is 2.25. The molecule has 9 nitrogen and oxygen atoms in total. The zero-order valence-corrected chi connectivity index (χ0v) is 14.3. The van der Waals surface area contributed by atoms with Crippen molar-refractivity contribution in [2.24, 2.45) is 16.0 Å². The summed E-state index contributed by atoms with van der Waals surface area (Å²) in [7, 11) is -3.81. The average molecular weight is 368 g/mol. The quantitative estimate of drug-likeness (QED) is 0.731. The Morgan fingerprint density at radius 2 is 2.12 bits per heavy atom. The molecule has 0 radical (unpaired) electrons. The second-order valence-electron chi connectivity index (χ2n) is 6.08. The lowest BCUT2D eigenvalue weighted by atomic mass is 9.94. The van der Waals surface area contributed by atoms with E-state index >= 15 is 0 Å². The van der Waals surface area contributed by atoms with Gasteiger partial charge in [-0.05, 0) is 37.3 Å². The van der Waals surface area contributed by atoms with Crippen LogP contribution in [0.1, 0.15) is 24.8 Å². The van der Waals surface area contributed by atoms with Crippen LogP contribution in [0.25, 0.3) is 0 Å². The van der Waals surface area contributed by atoms with E-state index < -0.39 is 16.3 Å². The van der Waals surface area contributed by atoms with E-state index in [1.165, 1.54) is 4.90 Å². The number of hydrogen-bond donors (Lipinski definition) is 3. The van der Waals surface area contributed by atoms with Gasteiger partial charge in [0.05, 0.1) is 17.9 Å². The summed E-state index contributed by atoms with van der Waals surface area (Å²) in [5, 5.41) is 8.95. The van der Waals surface area contributed by atoms with Crippen LogP contribution in [0.2, 0.25) is 0 Å². The van der Waals surface area contributed by atoms with Crippen molar-refractivity contribution in [1.29, 1.82) is 0 Å². The molecular weight excluding hydrogens is 348 g/mol. The van der Waals surface area contributed by atoms with Gasteiger partial charge >= 0.3 is 16.3 Å². The summed E-state index contributed by atoms with van der Waals surface area (Å²) in [6, 6.07) is 5.00. The van der Waals surface area contributed by atoms with Crippen molar-refractivity contribution in [2.75, 3.05) is 24.4 Å². The molecule has 1 aromatic carbocycles. The van der Waals surface area contributed by atoms with Crippen LogP contribution in [-0.4, -0.2) is 50.0 Å². The molecule has 0 atom stereocenters. The fraction of sp³-hybridized carbons (Fsp3) is 0.467. The van der Waals surface area contributed by atoms with Gasteiger partial charge in [-0.25, -0.2) is 4.79 Å². The number of piperidine rings is 1. The zero-order chi connectivity index (χ0) is 18.0. The Labute approximate surface area is 145 Å². The number of ether oxygens (including phenoxy) is 1. The Morgan fingerprint density at radius 1 is 1.40 bits per heavy atom. The summed E-state index contributed by atoms with van der Waals surface area (Å²) in [4.78, 5) is 12.3. The molecule has 2 heterocycles. The topological polar surface area (TPSA) is 134 Å². The van der Waals surface area contributed by atoms with Gasteiger partial charge in [0.2, 0.25) is 0 Å². The predicted octanol–water partition coefficient (Wildman–Crippen LogP) is 1.22. The normalized spacial score (nSPS) is 19.5. The lowest BCUT2D eigenvalue weighted by Crippen LogP contribution is -2.37. The standard InChI is InChI=1S/C15H20N4O5S/c16-14-13-11(17-25(22,23)18-14)2-1-3-12(13)24-9-6-10-4-7-19(8-5-10)15(20)21/h1-3,10,17H,4-9H2,(H2,16,18)(H,20,21). The number of hydrogen-bond acceptors (Lipinski definition) is 5. The van der Waals surface area contributed by atoms with E-state index in [1.54, 1.807) is 18.2 Å². The lowest BCUT2D eigenvalue weighted by Gasteiger charge is -2.30. The van der Waals surface area contributed by atoms with Crippen molar-refractivity contribution in [3.63, 3.8) is 0 Å². The van der Waals surface area contributed by atoms with Crippen LogP contribution in [0.4, 0.5) is 10.5 Å². The Hall–Kier alpha value is -2.49. The SMILES string of the molecule is NC1=NS(=O)(=O)Nc2cccc(OCCC3CCN(C(=O)O)CC3)c21. The number of amidine groups is 1. The number of carbonyl (C=O) groups is 1. The van der Waals surface area contributed by atoms with E-state index in [9.17, 15) is 13.2 Å². The highest BCUT2D eigenvalue weighted by Crippen LogP contribution is 2.31. The summed E-state index contributed by atoms with van der Waals surface area (Å²) in [5.74, 6) is 0.780. The highest BCUT2D eigenvalue weighted by atomic mass is 32.2. The van der Waals surface area contributed by atoms with Gasteiger partial charge in [0.15, 0.2) is 5.84 Å². The molecular formula is C15H20N4O5S. The van der Waals surface area contributed by atoms with Gasteiger partial charge in [0.1, 0.15) is 5.75 Å². The van der Waals surface area contributed by atoms with Gasteiger partial charge in [0, 0.05) is 13.1 Å². The summed E-state index contributed by atoms with van der Waals surface area (Å²) < 4.78 is 34.7. The maximum atomic E-state index is 11.6. The van der Waals surface area contributed by atoms with Crippen LogP contribution < -0.4 is 15.2 Å². The molecule has 3 rings (SSSR count). The van der Waals surface area contributed by atoms with Crippen molar-refractivity contribution < 1.29 is 23.1 Å². The first-order valence-electron chi connectivity index (χ1n) is 7.98. The van der Waals surface area contributed by atoms with Crippen molar-refractivity contribution in [2.45, 2.75) is 19.3 Å². The first-order valence-corrected chi connectivity index (χ1v) is 9.42. The molecule has 0 aliphatic carbocycles. The monoisotopic (exact) mass is 368 g/mol. The number of likely N-dealkylation sites (tertiary alicyclic amines) is 1. The van der Waals surface area contributed by atoms with Crippen LogP contribution in [0.15, 0.2) is 22.6 Å². The molecule has 1 amide bonds. The molecule has 0 bridgehead atoms. The maximum absolute atomic E-state index is 11.6. The molecule has 1 aromatic rings. The maximum Gasteiger partial charge on any atom is 0.407 e. The van der Waals surface area contributed by atoms with Crippen LogP contribution in [-0.2, 0) is 10.2 Å². The predicted molar refractivity (Wildman–Crippen MR) is 92.1 cm³/mol. The minimum atomic E-state index is -3.81. The first-order chi connectivity index (χ1) is 11.9. The summed E-state index contributed by atoms with van der Waals surface area (Å²) >= 11 is 0. The Morgan fingerprint density at radius 3 is 2.80 bits per heavy atom. The number of fused-ring (bicyclic) bond motifs is 1. The van der Waals surface area contributed by atoms with Crippen LogP contribution in [0, 0.1) is 5.92 Å². The highest BCUT2D eigenvalue weighted by molar-refractivity contribution is 7.91. The molecule has 2 aliphatic rings. The molecule has 0 spiro atoms. The average Bonchev–Trinajstić information content (AvgIpc) is 2.54. The van der Waals surface area contributed by atoms with Crippen LogP contribution in [0.3, 0.4) is 0 Å². The molecule has 25 heavy (non-hydrogen) atoms. The van der Waals surface area contributed by atoms with Gasteiger partial charge in [0.25, 0.3) is 0 Å². The van der Waals surface area contributed by atoms with E-state index in [-0.39, 0.29) is 5.84 Å². The molecule has 0 aromatic heterocycles. The smallest absolute Gasteiger partial charge is 0.407 e. The lowest BCUT2D eigenvalue weighted by molar-refractivity contribution is 0.119. The summed E-state index contributed by atoms with van der Waals surface area (Å²) in [6.45, 7) is 1.53. The number of benzene rings is 1.